The maximum Gasteiger partial charge on any atom is 0.317 e. The third-order valence-corrected chi connectivity index (χ3v) is 3.24. The van der Waals surface area contributed by atoms with Gasteiger partial charge in [-0.2, -0.15) is 0 Å². The smallest absolute Gasteiger partial charge is 0.317 e. The van der Waals surface area contributed by atoms with Gasteiger partial charge in [-0.3, -0.25) is 24.2 Å². The van der Waals surface area contributed by atoms with Gasteiger partial charge >= 0.3 is 5.97 Å². The molecule has 2 fully saturated rings. The molecule has 0 aliphatic carbocycles. The molecule has 0 unspecified atom stereocenters. The number of hydrogen-bond acceptors (Lipinski definition) is 4. The van der Waals surface area contributed by atoms with Gasteiger partial charge in [-0.1, -0.05) is 0 Å². The van der Waals surface area contributed by atoms with Crippen molar-refractivity contribution in [2.24, 2.45) is 11.8 Å². The summed E-state index contributed by atoms with van der Waals surface area (Å²) in [5.74, 6) is -1.87. The lowest BCUT2D eigenvalue weighted by Gasteiger charge is -2.17. The van der Waals surface area contributed by atoms with Gasteiger partial charge in [0.15, 0.2) is 0 Å². The van der Waals surface area contributed by atoms with Crippen LogP contribution >= 0.6 is 0 Å². The van der Waals surface area contributed by atoms with Crippen molar-refractivity contribution in [1.29, 1.82) is 0 Å². The van der Waals surface area contributed by atoms with Crippen molar-refractivity contribution >= 4 is 17.8 Å². The largest absolute Gasteiger partial charge is 0.480 e. The molecule has 0 aromatic rings. The number of hydrogen-bond donors (Lipinski definition) is 1. The molecule has 2 rings (SSSR count). The van der Waals surface area contributed by atoms with Crippen molar-refractivity contribution in [3.63, 3.8) is 0 Å². The van der Waals surface area contributed by atoms with Gasteiger partial charge in [-0.15, -0.1) is 0 Å². The van der Waals surface area contributed by atoms with Crippen LogP contribution in [0.15, 0.2) is 0 Å². The molecule has 2 amide bonds. The van der Waals surface area contributed by atoms with Crippen LogP contribution in [-0.2, 0) is 14.4 Å². The maximum absolute atomic E-state index is 11.8. The molecule has 2 atom stereocenters. The Hall–Kier alpha value is -1.43. The maximum atomic E-state index is 11.8. The highest BCUT2D eigenvalue weighted by molar-refractivity contribution is 6.05. The summed E-state index contributed by atoms with van der Waals surface area (Å²) in [7, 11) is 0. The number of imide groups is 1. The Kier molecular flexibility index (Phi) is 2.67. The molecular formula is C10H14N2O4. The van der Waals surface area contributed by atoms with Gasteiger partial charge in [0.05, 0.1) is 18.4 Å². The summed E-state index contributed by atoms with van der Waals surface area (Å²) in [5.41, 5.74) is 0. The minimum absolute atomic E-state index is 0.0975. The second-order valence-corrected chi connectivity index (χ2v) is 4.22. The molecule has 2 heterocycles. The second kappa shape index (κ2) is 3.86. The molecule has 6 heteroatoms. The first-order valence-electron chi connectivity index (χ1n) is 5.34. The lowest BCUT2D eigenvalue weighted by molar-refractivity contribution is -0.142. The van der Waals surface area contributed by atoms with E-state index in [0.29, 0.717) is 19.6 Å². The Bertz CT molecular complexity index is 331. The number of amides is 2. The lowest BCUT2D eigenvalue weighted by Crippen LogP contribution is -2.37. The fourth-order valence-corrected chi connectivity index (χ4v) is 2.53. The van der Waals surface area contributed by atoms with E-state index in [1.165, 1.54) is 4.90 Å². The molecule has 88 valence electrons. The summed E-state index contributed by atoms with van der Waals surface area (Å²) in [4.78, 5) is 37.0. The minimum Gasteiger partial charge on any atom is -0.480 e. The molecule has 0 spiro atoms. The van der Waals surface area contributed by atoms with Crippen molar-refractivity contribution < 1.29 is 19.5 Å². The van der Waals surface area contributed by atoms with E-state index < -0.39 is 5.97 Å². The van der Waals surface area contributed by atoms with Gasteiger partial charge in [-0.05, 0) is 6.92 Å². The Balaban J connectivity index is 2.08. The molecule has 0 bridgehead atoms. The van der Waals surface area contributed by atoms with Crippen LogP contribution in [0, 0.1) is 11.8 Å². The summed E-state index contributed by atoms with van der Waals surface area (Å²) >= 11 is 0. The summed E-state index contributed by atoms with van der Waals surface area (Å²) < 4.78 is 0. The zero-order chi connectivity index (χ0) is 11.9. The molecule has 0 aromatic carbocycles. The Morgan fingerprint density at radius 1 is 1.31 bits per heavy atom. The van der Waals surface area contributed by atoms with Crippen molar-refractivity contribution in [2.75, 3.05) is 26.2 Å². The predicted molar refractivity (Wildman–Crippen MR) is 53.4 cm³/mol. The number of rotatable bonds is 3. The van der Waals surface area contributed by atoms with Crippen LogP contribution in [0.2, 0.25) is 0 Å². The number of fused-ring (bicyclic) bond motifs is 1. The van der Waals surface area contributed by atoms with E-state index >= 15 is 0 Å². The van der Waals surface area contributed by atoms with Crippen LogP contribution in [0.4, 0.5) is 0 Å². The van der Waals surface area contributed by atoms with Gasteiger partial charge in [0.2, 0.25) is 11.8 Å². The summed E-state index contributed by atoms with van der Waals surface area (Å²) in [6.07, 6.45) is 0. The number of likely N-dealkylation sites (tertiary alicyclic amines) is 2. The molecule has 6 nitrogen and oxygen atoms in total. The molecular weight excluding hydrogens is 212 g/mol. The summed E-state index contributed by atoms with van der Waals surface area (Å²) in [5, 5.41) is 8.65. The number of carboxylic acid groups (broad SMARTS) is 1. The summed E-state index contributed by atoms with van der Waals surface area (Å²) in [6, 6.07) is 0. The van der Waals surface area contributed by atoms with Crippen LogP contribution in [-0.4, -0.2) is 58.9 Å². The zero-order valence-corrected chi connectivity index (χ0v) is 9.05. The van der Waals surface area contributed by atoms with Gasteiger partial charge in [-0.25, -0.2) is 0 Å². The van der Waals surface area contributed by atoms with E-state index in [9.17, 15) is 14.4 Å². The fraction of sp³-hybridized carbons (Fsp3) is 0.700. The average molecular weight is 226 g/mol. The summed E-state index contributed by atoms with van der Waals surface area (Å²) in [6.45, 7) is 2.85. The molecule has 16 heavy (non-hydrogen) atoms. The van der Waals surface area contributed by atoms with Crippen LogP contribution in [0.3, 0.4) is 0 Å². The molecule has 2 aliphatic rings. The Morgan fingerprint density at radius 3 is 2.19 bits per heavy atom. The van der Waals surface area contributed by atoms with Gasteiger partial charge in [0.1, 0.15) is 0 Å². The first-order chi connectivity index (χ1) is 7.54. The Morgan fingerprint density at radius 2 is 1.81 bits per heavy atom. The second-order valence-electron chi connectivity index (χ2n) is 4.22. The fourth-order valence-electron chi connectivity index (χ4n) is 2.53. The monoisotopic (exact) mass is 226 g/mol. The number of aliphatic carboxylic acids is 1. The van der Waals surface area contributed by atoms with E-state index in [2.05, 4.69) is 0 Å². The van der Waals surface area contributed by atoms with E-state index in [4.69, 9.17) is 5.11 Å². The van der Waals surface area contributed by atoms with Crippen LogP contribution < -0.4 is 0 Å². The number of carbonyl (C=O) groups excluding carboxylic acids is 2. The van der Waals surface area contributed by atoms with E-state index in [1.807, 2.05) is 0 Å². The van der Waals surface area contributed by atoms with Crippen LogP contribution in [0.1, 0.15) is 6.92 Å². The molecule has 0 aromatic heterocycles. The highest BCUT2D eigenvalue weighted by atomic mass is 16.4. The quantitative estimate of drug-likeness (QED) is 0.625. The number of carboxylic acids is 1. The number of nitrogens with zero attached hydrogens (tertiary/aromatic N) is 2. The third kappa shape index (κ3) is 1.59. The molecule has 0 radical (unpaired) electrons. The molecule has 1 N–H and O–H groups in total. The first kappa shape index (κ1) is 11.1. The molecule has 2 aliphatic heterocycles. The molecule has 0 saturated carbocycles. The topological polar surface area (TPSA) is 77.9 Å². The SMILES string of the molecule is CCN1C(=O)[C@H]2CN(CC(=O)O)C[C@H]2C1=O. The van der Waals surface area contributed by atoms with E-state index in [-0.39, 0.29) is 30.2 Å². The van der Waals surface area contributed by atoms with E-state index in [1.54, 1.807) is 11.8 Å². The standard InChI is InChI=1S/C10H14N2O4/c1-2-12-9(15)6-3-11(5-8(13)14)4-7(6)10(12)16/h6-7H,2-5H2,1H3,(H,13,14)/t6-,7+. The zero-order valence-electron chi connectivity index (χ0n) is 9.05. The van der Waals surface area contributed by atoms with Crippen LogP contribution in [0.5, 0.6) is 0 Å². The normalized spacial score (nSPS) is 29.9. The van der Waals surface area contributed by atoms with Gasteiger partial charge in [0, 0.05) is 19.6 Å². The van der Waals surface area contributed by atoms with Gasteiger partial charge < -0.3 is 5.11 Å². The van der Waals surface area contributed by atoms with Crippen molar-refractivity contribution in [1.82, 2.24) is 9.80 Å². The Labute approximate surface area is 92.8 Å². The highest BCUT2D eigenvalue weighted by Gasteiger charge is 2.51. The van der Waals surface area contributed by atoms with Crippen molar-refractivity contribution in [3.05, 3.63) is 0 Å². The van der Waals surface area contributed by atoms with Crippen molar-refractivity contribution in [2.45, 2.75) is 6.92 Å². The minimum atomic E-state index is -0.924. The van der Waals surface area contributed by atoms with Gasteiger partial charge in [0.25, 0.3) is 0 Å². The highest BCUT2D eigenvalue weighted by Crippen LogP contribution is 2.32. The van der Waals surface area contributed by atoms with E-state index in [0.717, 1.165) is 0 Å². The van der Waals surface area contributed by atoms with Crippen molar-refractivity contribution in [3.8, 4) is 0 Å². The third-order valence-electron chi connectivity index (χ3n) is 3.24. The van der Waals surface area contributed by atoms with Crippen LogP contribution in [0.25, 0.3) is 0 Å². The molecule has 2 saturated heterocycles. The number of carbonyl (C=O) groups is 3. The first-order valence-corrected chi connectivity index (χ1v) is 5.34. The predicted octanol–water partition coefficient (Wildman–Crippen LogP) is -0.992. The average Bonchev–Trinajstić information content (AvgIpc) is 2.68. The lowest BCUT2D eigenvalue weighted by atomic mass is 10.00.